The van der Waals surface area contributed by atoms with E-state index in [0.717, 1.165) is 18.3 Å². The second-order valence-electron chi connectivity index (χ2n) is 2.22. The molecular weight excluding hydrogens is 221 g/mol. The molecule has 0 fully saturated rings. The van der Waals surface area contributed by atoms with Crippen LogP contribution in [-0.4, -0.2) is 18.9 Å². The van der Waals surface area contributed by atoms with Gasteiger partial charge in [0.2, 0.25) is 0 Å². The maximum Gasteiger partial charge on any atom is 0.516 e. The summed E-state index contributed by atoms with van der Waals surface area (Å²) < 4.78 is 58.0. The molecule has 0 amide bonds. The van der Waals surface area contributed by atoms with Gasteiger partial charge in [0.25, 0.3) is 0 Å². The van der Waals surface area contributed by atoms with Gasteiger partial charge in [-0.15, -0.1) is 0 Å². The van der Waals surface area contributed by atoms with Crippen LogP contribution in [0.15, 0.2) is 18.3 Å². The molecule has 0 bridgehead atoms. The summed E-state index contributed by atoms with van der Waals surface area (Å²) in [6.45, 7) is 0. The van der Waals surface area contributed by atoms with Crippen LogP contribution in [0.25, 0.3) is 0 Å². The van der Waals surface area contributed by atoms with Crippen LogP contribution in [0.4, 0.5) is 18.9 Å². The molecule has 1 rings (SSSR count). The van der Waals surface area contributed by atoms with Gasteiger partial charge >= 0.3 is 15.5 Å². The quantitative estimate of drug-likeness (QED) is 0.821. The molecule has 4 nitrogen and oxygen atoms in total. The molecule has 0 aromatic carbocycles. The van der Waals surface area contributed by atoms with Gasteiger partial charge in [-0.3, -0.25) is 9.71 Å². The Morgan fingerprint density at radius 1 is 1.43 bits per heavy atom. The van der Waals surface area contributed by atoms with Crippen molar-refractivity contribution in [2.24, 2.45) is 0 Å². The Bertz CT molecular complexity index is 401. The molecule has 1 N–H and O–H groups in total. The van der Waals surface area contributed by atoms with Gasteiger partial charge in [-0.05, 0) is 12.1 Å². The van der Waals surface area contributed by atoms with Crippen LogP contribution in [-0.2, 0) is 10.0 Å². The summed E-state index contributed by atoms with van der Waals surface area (Å²) in [5, 5.41) is 0. The van der Waals surface area contributed by atoms with E-state index in [1.165, 1.54) is 4.72 Å². The Balaban J connectivity index is 2.91. The number of halogens is 3. The van der Waals surface area contributed by atoms with Crippen molar-refractivity contribution in [2.45, 2.75) is 5.51 Å². The number of rotatable bonds is 2. The second-order valence-corrected chi connectivity index (χ2v) is 3.90. The molecule has 8 heteroatoms. The van der Waals surface area contributed by atoms with Crippen molar-refractivity contribution in [3.63, 3.8) is 0 Å². The molecular formula is C6H4F3N2O2S. The van der Waals surface area contributed by atoms with Crippen LogP contribution < -0.4 is 4.72 Å². The number of hydrogen-bond acceptors (Lipinski definition) is 3. The summed E-state index contributed by atoms with van der Waals surface area (Å²) in [4.78, 5) is 3.40. The van der Waals surface area contributed by atoms with E-state index in [1.54, 1.807) is 0 Å². The van der Waals surface area contributed by atoms with Crippen molar-refractivity contribution < 1.29 is 21.6 Å². The van der Waals surface area contributed by atoms with E-state index >= 15 is 0 Å². The molecule has 0 atom stereocenters. The SMILES string of the molecule is O=S(=O)(Nc1c[c]ncc1)C(F)(F)F. The van der Waals surface area contributed by atoms with Gasteiger partial charge < -0.3 is 0 Å². The number of alkyl halides is 3. The average molecular weight is 225 g/mol. The Labute approximate surface area is 77.8 Å². The Hall–Kier alpha value is -1.31. The first-order valence-electron chi connectivity index (χ1n) is 3.24. The van der Waals surface area contributed by atoms with E-state index < -0.39 is 15.5 Å². The van der Waals surface area contributed by atoms with Gasteiger partial charge in [0.1, 0.15) is 0 Å². The molecule has 0 aliphatic rings. The number of nitrogens with one attached hydrogen (secondary N) is 1. The summed E-state index contributed by atoms with van der Waals surface area (Å²) in [6.07, 6.45) is 3.31. The molecule has 1 aromatic rings. The summed E-state index contributed by atoms with van der Waals surface area (Å²) in [6, 6.07) is 2.07. The van der Waals surface area contributed by atoms with Crippen LogP contribution in [0.1, 0.15) is 0 Å². The Morgan fingerprint density at radius 2 is 2.07 bits per heavy atom. The number of hydrogen-bond donors (Lipinski definition) is 1. The van der Waals surface area contributed by atoms with E-state index in [1.807, 2.05) is 0 Å². The van der Waals surface area contributed by atoms with Gasteiger partial charge in [0.05, 0.1) is 11.9 Å². The zero-order chi connectivity index (χ0) is 10.8. The number of nitrogens with zero attached hydrogens (tertiary/aromatic N) is 1. The third-order valence-electron chi connectivity index (χ3n) is 1.18. The highest BCUT2D eigenvalue weighted by Gasteiger charge is 2.45. The van der Waals surface area contributed by atoms with E-state index in [2.05, 4.69) is 11.2 Å². The fourth-order valence-electron chi connectivity index (χ4n) is 0.592. The van der Waals surface area contributed by atoms with Crippen LogP contribution in [0.5, 0.6) is 0 Å². The lowest BCUT2D eigenvalue weighted by molar-refractivity contribution is -0.0429. The van der Waals surface area contributed by atoms with E-state index in [9.17, 15) is 21.6 Å². The lowest BCUT2D eigenvalue weighted by Gasteiger charge is -2.09. The monoisotopic (exact) mass is 225 g/mol. The van der Waals surface area contributed by atoms with Gasteiger partial charge in [0.15, 0.2) is 0 Å². The fourth-order valence-corrected chi connectivity index (χ4v) is 1.15. The molecule has 77 valence electrons. The number of anilines is 1. The van der Waals surface area contributed by atoms with Crippen LogP contribution in [0, 0.1) is 6.20 Å². The maximum absolute atomic E-state index is 11.8. The predicted molar refractivity (Wildman–Crippen MR) is 41.7 cm³/mol. The van der Waals surface area contributed by atoms with Crippen molar-refractivity contribution in [3.8, 4) is 0 Å². The molecule has 0 aliphatic heterocycles. The predicted octanol–water partition coefficient (Wildman–Crippen LogP) is 1.14. The van der Waals surface area contributed by atoms with Gasteiger partial charge in [-0.1, -0.05) is 0 Å². The van der Waals surface area contributed by atoms with Crippen molar-refractivity contribution in [2.75, 3.05) is 4.72 Å². The van der Waals surface area contributed by atoms with Gasteiger partial charge in [-0.25, -0.2) is 0 Å². The Morgan fingerprint density at radius 3 is 2.50 bits per heavy atom. The van der Waals surface area contributed by atoms with Crippen molar-refractivity contribution in [1.29, 1.82) is 0 Å². The summed E-state index contributed by atoms with van der Waals surface area (Å²) in [7, 11) is -5.35. The first-order chi connectivity index (χ1) is 6.33. The van der Waals surface area contributed by atoms with E-state index in [4.69, 9.17) is 0 Å². The smallest absolute Gasteiger partial charge is 0.276 e. The number of aromatic nitrogens is 1. The zero-order valence-electron chi connectivity index (χ0n) is 6.54. The molecule has 1 heterocycles. The summed E-state index contributed by atoms with van der Waals surface area (Å²) >= 11 is 0. The minimum absolute atomic E-state index is 0.239. The van der Waals surface area contributed by atoms with Gasteiger partial charge in [0, 0.05) is 6.20 Å². The molecule has 1 aromatic heterocycles. The van der Waals surface area contributed by atoms with E-state index in [0.29, 0.717) is 0 Å². The van der Waals surface area contributed by atoms with E-state index in [-0.39, 0.29) is 5.69 Å². The average Bonchev–Trinajstić information content (AvgIpc) is 2.03. The maximum atomic E-state index is 11.8. The van der Waals surface area contributed by atoms with Crippen molar-refractivity contribution >= 4 is 15.7 Å². The minimum Gasteiger partial charge on any atom is -0.276 e. The number of pyridine rings is 1. The Kier molecular flexibility index (Phi) is 2.65. The lowest BCUT2D eigenvalue weighted by atomic mass is 10.4. The topological polar surface area (TPSA) is 59.1 Å². The van der Waals surface area contributed by atoms with Crippen molar-refractivity contribution in [1.82, 2.24) is 4.98 Å². The minimum atomic E-state index is -5.35. The molecule has 0 spiro atoms. The van der Waals surface area contributed by atoms with Crippen molar-refractivity contribution in [3.05, 3.63) is 24.5 Å². The van der Waals surface area contributed by atoms with Gasteiger partial charge in [-0.2, -0.15) is 21.6 Å². The highest BCUT2D eigenvalue weighted by molar-refractivity contribution is 7.93. The summed E-state index contributed by atoms with van der Waals surface area (Å²) in [5.74, 6) is 0. The standard InChI is InChI=1S/C6H4F3N2O2S/c7-6(8,9)14(12,13)11-5-1-3-10-4-2-5/h1-3H,(H,10,11). The van der Waals surface area contributed by atoms with Crippen LogP contribution in [0.3, 0.4) is 0 Å². The number of sulfonamides is 1. The van der Waals surface area contributed by atoms with Crippen LogP contribution in [0.2, 0.25) is 0 Å². The fraction of sp³-hybridized carbons (Fsp3) is 0.167. The third kappa shape index (κ3) is 2.34. The lowest BCUT2D eigenvalue weighted by Crippen LogP contribution is -2.29. The highest BCUT2D eigenvalue weighted by atomic mass is 32.2. The third-order valence-corrected chi connectivity index (χ3v) is 2.29. The molecule has 0 saturated heterocycles. The normalized spacial score (nSPS) is 12.5. The zero-order valence-corrected chi connectivity index (χ0v) is 7.35. The first-order valence-corrected chi connectivity index (χ1v) is 4.72. The molecule has 0 saturated carbocycles. The van der Waals surface area contributed by atoms with Crippen LogP contribution >= 0.6 is 0 Å². The highest BCUT2D eigenvalue weighted by Crippen LogP contribution is 2.24. The molecule has 1 radical (unpaired) electrons. The second kappa shape index (κ2) is 3.45. The molecule has 14 heavy (non-hydrogen) atoms. The first kappa shape index (κ1) is 10.8. The largest absolute Gasteiger partial charge is 0.516 e. The molecule has 0 unspecified atom stereocenters. The molecule has 0 aliphatic carbocycles. The summed E-state index contributed by atoms with van der Waals surface area (Å²) in [5.41, 5.74) is -5.56.